The van der Waals surface area contributed by atoms with Gasteiger partial charge in [-0.15, -0.1) is 0 Å². The molecule has 0 fully saturated rings. The number of pyridine rings is 1. The Hall–Kier alpha value is -2.08. The fourth-order valence-corrected chi connectivity index (χ4v) is 3.15. The minimum atomic E-state index is -0.299. The SMILES string of the molecule is CCc1cc2c(C)ccc(C)c2nc1SCC(=O)NNC(C)=O. The Labute approximate surface area is 140 Å². The van der Waals surface area contributed by atoms with Crippen LogP contribution in [0.1, 0.15) is 30.5 Å². The van der Waals surface area contributed by atoms with E-state index in [-0.39, 0.29) is 17.6 Å². The zero-order valence-corrected chi connectivity index (χ0v) is 14.6. The van der Waals surface area contributed by atoms with Crippen LogP contribution in [0.25, 0.3) is 10.9 Å². The number of carbonyl (C=O) groups excluding carboxylic acids is 2. The lowest BCUT2D eigenvalue weighted by Gasteiger charge is -2.12. The van der Waals surface area contributed by atoms with Gasteiger partial charge in [0, 0.05) is 12.3 Å². The molecule has 1 aromatic carbocycles. The van der Waals surface area contributed by atoms with Crippen molar-refractivity contribution in [1.82, 2.24) is 15.8 Å². The summed E-state index contributed by atoms with van der Waals surface area (Å²) in [7, 11) is 0. The number of nitrogens with zero attached hydrogens (tertiary/aromatic N) is 1. The Morgan fingerprint density at radius 3 is 2.52 bits per heavy atom. The van der Waals surface area contributed by atoms with Gasteiger partial charge in [-0.1, -0.05) is 30.8 Å². The minimum absolute atomic E-state index is 0.205. The molecule has 2 amide bonds. The maximum absolute atomic E-state index is 11.7. The Kier molecular flexibility index (Phi) is 5.60. The first-order valence-corrected chi connectivity index (χ1v) is 8.49. The molecule has 23 heavy (non-hydrogen) atoms. The molecule has 0 saturated heterocycles. The van der Waals surface area contributed by atoms with Gasteiger partial charge < -0.3 is 0 Å². The van der Waals surface area contributed by atoms with Crippen LogP contribution in [-0.4, -0.2) is 22.6 Å². The lowest BCUT2D eigenvalue weighted by molar-refractivity contribution is -0.126. The Morgan fingerprint density at radius 2 is 1.87 bits per heavy atom. The predicted octanol–water partition coefficient (Wildman–Crippen LogP) is 2.67. The van der Waals surface area contributed by atoms with Crippen molar-refractivity contribution >= 4 is 34.5 Å². The second-order valence-corrected chi connectivity index (χ2v) is 6.38. The fourth-order valence-electron chi connectivity index (χ4n) is 2.26. The third-order valence-electron chi connectivity index (χ3n) is 3.54. The summed E-state index contributed by atoms with van der Waals surface area (Å²) in [6.07, 6.45) is 0.853. The van der Waals surface area contributed by atoms with Crippen LogP contribution in [0, 0.1) is 13.8 Å². The standard InChI is InChI=1S/C17H21N3O2S/c1-5-13-8-14-10(2)6-7-11(3)16(14)18-17(13)23-9-15(22)20-19-12(4)21/h6-8H,5,9H2,1-4H3,(H,19,21)(H,20,22). The fraction of sp³-hybridized carbons (Fsp3) is 0.353. The van der Waals surface area contributed by atoms with Crippen molar-refractivity contribution in [2.45, 2.75) is 39.1 Å². The number of aromatic nitrogens is 1. The number of aryl methyl sites for hydroxylation is 3. The molecule has 5 nitrogen and oxygen atoms in total. The summed E-state index contributed by atoms with van der Waals surface area (Å²) in [5, 5.41) is 2.03. The van der Waals surface area contributed by atoms with E-state index in [1.165, 1.54) is 24.2 Å². The van der Waals surface area contributed by atoms with Crippen molar-refractivity contribution in [2.75, 3.05) is 5.75 Å². The van der Waals surface area contributed by atoms with E-state index in [9.17, 15) is 9.59 Å². The van der Waals surface area contributed by atoms with Crippen molar-refractivity contribution in [3.05, 3.63) is 34.9 Å². The van der Waals surface area contributed by atoms with Gasteiger partial charge in [0.1, 0.15) is 5.03 Å². The van der Waals surface area contributed by atoms with Crippen molar-refractivity contribution in [3.63, 3.8) is 0 Å². The summed E-state index contributed by atoms with van der Waals surface area (Å²) in [5.74, 6) is -0.348. The highest BCUT2D eigenvalue weighted by Gasteiger charge is 2.11. The van der Waals surface area contributed by atoms with Gasteiger partial charge >= 0.3 is 0 Å². The number of thioether (sulfide) groups is 1. The average molecular weight is 331 g/mol. The molecule has 2 N–H and O–H groups in total. The van der Waals surface area contributed by atoms with Gasteiger partial charge in [-0.05, 0) is 43.0 Å². The maximum Gasteiger partial charge on any atom is 0.248 e. The molecule has 2 aromatic rings. The second-order valence-electron chi connectivity index (χ2n) is 5.42. The smallest absolute Gasteiger partial charge is 0.248 e. The molecule has 0 aliphatic heterocycles. The molecule has 0 unspecified atom stereocenters. The molecule has 0 saturated carbocycles. The normalized spacial score (nSPS) is 10.6. The quantitative estimate of drug-likeness (QED) is 0.667. The molecule has 0 spiro atoms. The van der Waals surface area contributed by atoms with Crippen LogP contribution in [0.2, 0.25) is 0 Å². The lowest BCUT2D eigenvalue weighted by Crippen LogP contribution is -2.41. The van der Waals surface area contributed by atoms with E-state index in [0.717, 1.165) is 33.5 Å². The topological polar surface area (TPSA) is 71.1 Å². The Morgan fingerprint density at radius 1 is 1.17 bits per heavy atom. The summed E-state index contributed by atoms with van der Waals surface area (Å²) in [5.41, 5.74) is 9.08. The van der Waals surface area contributed by atoms with E-state index in [4.69, 9.17) is 4.98 Å². The molecule has 0 aliphatic rings. The van der Waals surface area contributed by atoms with Crippen LogP contribution >= 0.6 is 11.8 Å². The minimum Gasteiger partial charge on any atom is -0.274 e. The van der Waals surface area contributed by atoms with Crippen LogP contribution in [0.3, 0.4) is 0 Å². The van der Waals surface area contributed by atoms with Gasteiger partial charge in [0.15, 0.2) is 0 Å². The van der Waals surface area contributed by atoms with Gasteiger partial charge in [-0.2, -0.15) is 0 Å². The summed E-state index contributed by atoms with van der Waals surface area (Å²) in [6, 6.07) is 6.33. The Balaban J connectivity index is 2.24. The number of hydrogen-bond donors (Lipinski definition) is 2. The molecular weight excluding hydrogens is 310 g/mol. The second kappa shape index (κ2) is 7.46. The molecular formula is C17H21N3O2S. The first-order chi connectivity index (χ1) is 10.9. The number of carbonyl (C=O) groups is 2. The van der Waals surface area contributed by atoms with Crippen LogP contribution in [0.5, 0.6) is 0 Å². The van der Waals surface area contributed by atoms with E-state index >= 15 is 0 Å². The number of hydrogen-bond acceptors (Lipinski definition) is 4. The lowest BCUT2D eigenvalue weighted by atomic mass is 10.0. The molecule has 0 aliphatic carbocycles. The summed E-state index contributed by atoms with van der Waals surface area (Å²) < 4.78 is 0. The first kappa shape index (κ1) is 17.3. The number of amides is 2. The third kappa shape index (κ3) is 4.22. The van der Waals surface area contributed by atoms with Crippen LogP contribution in [0.15, 0.2) is 23.2 Å². The summed E-state index contributed by atoms with van der Waals surface area (Å²) in [4.78, 5) is 27.3. The largest absolute Gasteiger partial charge is 0.274 e. The van der Waals surface area contributed by atoms with Crippen molar-refractivity contribution in [2.24, 2.45) is 0 Å². The number of nitrogens with one attached hydrogen (secondary N) is 2. The van der Waals surface area contributed by atoms with Crippen LogP contribution < -0.4 is 10.9 Å². The van der Waals surface area contributed by atoms with E-state index in [1.54, 1.807) is 0 Å². The van der Waals surface area contributed by atoms with Gasteiger partial charge in [-0.3, -0.25) is 20.4 Å². The van der Waals surface area contributed by atoms with Crippen molar-refractivity contribution in [1.29, 1.82) is 0 Å². The van der Waals surface area contributed by atoms with E-state index in [2.05, 4.69) is 42.9 Å². The summed E-state index contributed by atoms with van der Waals surface area (Å²) in [6.45, 7) is 7.54. The van der Waals surface area contributed by atoms with Crippen LogP contribution in [-0.2, 0) is 16.0 Å². The molecule has 0 atom stereocenters. The highest BCUT2D eigenvalue weighted by atomic mass is 32.2. The highest BCUT2D eigenvalue weighted by molar-refractivity contribution is 7.99. The molecule has 0 bridgehead atoms. The zero-order chi connectivity index (χ0) is 17.0. The molecule has 122 valence electrons. The van der Waals surface area contributed by atoms with Gasteiger partial charge in [0.2, 0.25) is 11.8 Å². The van der Waals surface area contributed by atoms with Crippen LogP contribution in [0.4, 0.5) is 0 Å². The van der Waals surface area contributed by atoms with Crippen molar-refractivity contribution in [3.8, 4) is 0 Å². The molecule has 0 radical (unpaired) electrons. The molecule has 6 heteroatoms. The summed E-state index contributed by atoms with van der Waals surface area (Å²) >= 11 is 1.39. The van der Waals surface area contributed by atoms with Gasteiger partial charge in [-0.25, -0.2) is 4.98 Å². The first-order valence-electron chi connectivity index (χ1n) is 7.50. The zero-order valence-electron chi connectivity index (χ0n) is 13.8. The van der Waals surface area contributed by atoms with E-state index in [0.29, 0.717) is 0 Å². The third-order valence-corrected chi connectivity index (χ3v) is 4.58. The maximum atomic E-state index is 11.7. The van der Waals surface area contributed by atoms with Gasteiger partial charge in [0.05, 0.1) is 11.3 Å². The monoisotopic (exact) mass is 331 g/mol. The highest BCUT2D eigenvalue weighted by Crippen LogP contribution is 2.28. The average Bonchev–Trinajstić information content (AvgIpc) is 2.53. The number of benzene rings is 1. The van der Waals surface area contributed by atoms with E-state index < -0.39 is 0 Å². The molecule has 1 heterocycles. The van der Waals surface area contributed by atoms with Crippen molar-refractivity contribution < 1.29 is 9.59 Å². The Bertz CT molecular complexity index is 759. The molecule has 2 rings (SSSR count). The molecule has 1 aromatic heterocycles. The number of hydrazine groups is 1. The van der Waals surface area contributed by atoms with Gasteiger partial charge in [0.25, 0.3) is 0 Å². The van der Waals surface area contributed by atoms with E-state index in [1.807, 2.05) is 6.92 Å². The number of rotatable bonds is 4. The predicted molar refractivity (Wildman–Crippen MR) is 93.3 cm³/mol. The number of fused-ring (bicyclic) bond motifs is 1.